The number of carbonyl (C=O) groups excluding carboxylic acids is 1. The fraction of sp³-hybridized carbons (Fsp3) is 0. The molecule has 98 valence electrons. The largest absolute Gasteiger partial charge is 0.298 e. The smallest absolute Gasteiger partial charge is 0.150 e. The summed E-state index contributed by atoms with van der Waals surface area (Å²) >= 11 is 1.63. The third kappa shape index (κ3) is 2.53. The number of halogens is 1. The second-order valence-corrected chi connectivity index (χ2v) is 5.50. The lowest BCUT2D eigenvalue weighted by Gasteiger charge is -1.99. The van der Waals surface area contributed by atoms with Gasteiger partial charge in [0.25, 0.3) is 0 Å². The van der Waals surface area contributed by atoms with Gasteiger partial charge in [0.1, 0.15) is 12.1 Å². The molecular weight excluding hydrogens is 271 g/mol. The van der Waals surface area contributed by atoms with Crippen LogP contribution in [0.15, 0.2) is 60.7 Å². The zero-order chi connectivity index (χ0) is 13.9. The average Bonchev–Trinajstić information content (AvgIpc) is 2.98. The number of hydrogen-bond acceptors (Lipinski definition) is 2. The molecule has 0 aliphatic carbocycles. The first-order valence-corrected chi connectivity index (χ1v) is 6.99. The molecule has 0 saturated carbocycles. The molecule has 3 rings (SSSR count). The molecule has 1 nitrogen and oxygen atoms in total. The molecular formula is C17H11FOS. The maximum absolute atomic E-state index is 12.9. The third-order valence-electron chi connectivity index (χ3n) is 3.04. The van der Waals surface area contributed by atoms with Crippen molar-refractivity contribution in [3.63, 3.8) is 0 Å². The standard InChI is InChI=1S/C17H11FOS/c18-15-6-4-13(5-7-15)16-8-9-17(20-16)14-3-1-2-12(10-14)11-19/h1-11H. The summed E-state index contributed by atoms with van der Waals surface area (Å²) < 4.78 is 12.9. The minimum absolute atomic E-state index is 0.232. The molecule has 0 radical (unpaired) electrons. The molecule has 0 amide bonds. The van der Waals surface area contributed by atoms with Crippen molar-refractivity contribution >= 4 is 17.6 Å². The van der Waals surface area contributed by atoms with E-state index in [9.17, 15) is 9.18 Å². The van der Waals surface area contributed by atoms with Crippen molar-refractivity contribution in [3.05, 3.63) is 72.0 Å². The molecule has 20 heavy (non-hydrogen) atoms. The van der Waals surface area contributed by atoms with Gasteiger partial charge in [0.2, 0.25) is 0 Å². The first kappa shape index (κ1) is 12.8. The van der Waals surface area contributed by atoms with Crippen molar-refractivity contribution in [3.8, 4) is 20.9 Å². The summed E-state index contributed by atoms with van der Waals surface area (Å²) in [5.41, 5.74) is 2.68. The van der Waals surface area contributed by atoms with Crippen LogP contribution in [0.2, 0.25) is 0 Å². The Morgan fingerprint density at radius 1 is 0.850 bits per heavy atom. The molecule has 0 bridgehead atoms. The Morgan fingerprint density at radius 2 is 1.55 bits per heavy atom. The van der Waals surface area contributed by atoms with Gasteiger partial charge < -0.3 is 0 Å². The second kappa shape index (κ2) is 5.39. The first-order chi connectivity index (χ1) is 9.76. The van der Waals surface area contributed by atoms with E-state index in [4.69, 9.17) is 0 Å². The molecule has 1 heterocycles. The summed E-state index contributed by atoms with van der Waals surface area (Å²) in [5.74, 6) is -0.232. The van der Waals surface area contributed by atoms with Gasteiger partial charge in [-0.25, -0.2) is 4.39 Å². The van der Waals surface area contributed by atoms with Crippen LogP contribution in [0.5, 0.6) is 0 Å². The van der Waals surface area contributed by atoms with Crippen LogP contribution in [-0.2, 0) is 0 Å². The Kier molecular flexibility index (Phi) is 3.44. The van der Waals surface area contributed by atoms with E-state index in [0.29, 0.717) is 5.56 Å². The fourth-order valence-electron chi connectivity index (χ4n) is 2.03. The molecule has 0 unspecified atom stereocenters. The van der Waals surface area contributed by atoms with E-state index in [1.54, 1.807) is 29.5 Å². The number of carbonyl (C=O) groups is 1. The second-order valence-electron chi connectivity index (χ2n) is 4.41. The van der Waals surface area contributed by atoms with Gasteiger partial charge in [0.05, 0.1) is 0 Å². The zero-order valence-corrected chi connectivity index (χ0v) is 11.4. The van der Waals surface area contributed by atoms with Gasteiger partial charge in [-0.15, -0.1) is 11.3 Å². The summed E-state index contributed by atoms with van der Waals surface area (Å²) in [6, 6.07) is 18.0. The lowest BCUT2D eigenvalue weighted by molar-refractivity contribution is 0.112. The van der Waals surface area contributed by atoms with Crippen LogP contribution in [0.4, 0.5) is 4.39 Å². The minimum Gasteiger partial charge on any atom is -0.298 e. The van der Waals surface area contributed by atoms with Crippen LogP contribution < -0.4 is 0 Å². The van der Waals surface area contributed by atoms with Crippen molar-refractivity contribution in [2.24, 2.45) is 0 Å². The number of benzene rings is 2. The Morgan fingerprint density at radius 3 is 2.25 bits per heavy atom. The molecule has 0 fully saturated rings. The van der Waals surface area contributed by atoms with E-state index < -0.39 is 0 Å². The molecule has 2 aromatic carbocycles. The lowest BCUT2D eigenvalue weighted by atomic mass is 10.1. The lowest BCUT2D eigenvalue weighted by Crippen LogP contribution is -1.79. The van der Waals surface area contributed by atoms with Crippen molar-refractivity contribution in [2.75, 3.05) is 0 Å². The molecule has 0 atom stereocenters. The van der Waals surface area contributed by atoms with Gasteiger partial charge in [-0.1, -0.05) is 30.3 Å². The van der Waals surface area contributed by atoms with Crippen LogP contribution in [-0.4, -0.2) is 6.29 Å². The summed E-state index contributed by atoms with van der Waals surface area (Å²) in [5, 5.41) is 0. The Balaban J connectivity index is 1.97. The van der Waals surface area contributed by atoms with Crippen molar-refractivity contribution < 1.29 is 9.18 Å². The van der Waals surface area contributed by atoms with E-state index in [1.165, 1.54) is 12.1 Å². The van der Waals surface area contributed by atoms with E-state index in [0.717, 1.165) is 27.2 Å². The van der Waals surface area contributed by atoms with Gasteiger partial charge in [0.15, 0.2) is 0 Å². The first-order valence-electron chi connectivity index (χ1n) is 6.18. The van der Waals surface area contributed by atoms with Crippen LogP contribution in [0, 0.1) is 5.82 Å². The number of aldehydes is 1. The van der Waals surface area contributed by atoms with Crippen molar-refractivity contribution in [2.45, 2.75) is 0 Å². The highest BCUT2D eigenvalue weighted by atomic mass is 32.1. The highest BCUT2D eigenvalue weighted by Crippen LogP contribution is 2.34. The highest BCUT2D eigenvalue weighted by Gasteiger charge is 2.05. The quantitative estimate of drug-likeness (QED) is 0.615. The molecule has 3 heteroatoms. The minimum atomic E-state index is -0.232. The molecule has 0 spiro atoms. The predicted molar refractivity (Wildman–Crippen MR) is 80.5 cm³/mol. The normalized spacial score (nSPS) is 10.4. The van der Waals surface area contributed by atoms with Crippen LogP contribution >= 0.6 is 11.3 Å². The van der Waals surface area contributed by atoms with E-state index in [2.05, 4.69) is 0 Å². The molecule has 0 saturated heterocycles. The number of hydrogen-bond donors (Lipinski definition) is 0. The van der Waals surface area contributed by atoms with Crippen LogP contribution in [0.25, 0.3) is 20.9 Å². The Hall–Kier alpha value is -2.26. The predicted octanol–water partition coefficient (Wildman–Crippen LogP) is 5.03. The van der Waals surface area contributed by atoms with E-state index >= 15 is 0 Å². The molecule has 0 aliphatic heterocycles. The topological polar surface area (TPSA) is 17.1 Å². The fourth-order valence-corrected chi connectivity index (χ4v) is 3.04. The third-order valence-corrected chi connectivity index (χ3v) is 4.23. The van der Waals surface area contributed by atoms with Gasteiger partial charge in [-0.05, 0) is 41.5 Å². The van der Waals surface area contributed by atoms with Crippen LogP contribution in [0.1, 0.15) is 10.4 Å². The van der Waals surface area contributed by atoms with Gasteiger partial charge in [-0.3, -0.25) is 4.79 Å². The Bertz CT molecular complexity index is 744. The summed E-state index contributed by atoms with van der Waals surface area (Å²) in [4.78, 5) is 13.0. The molecule has 0 aliphatic rings. The maximum atomic E-state index is 12.9. The number of thiophene rings is 1. The maximum Gasteiger partial charge on any atom is 0.150 e. The summed E-state index contributed by atoms with van der Waals surface area (Å²) in [7, 11) is 0. The van der Waals surface area contributed by atoms with Crippen molar-refractivity contribution in [1.82, 2.24) is 0 Å². The SMILES string of the molecule is O=Cc1cccc(-c2ccc(-c3ccc(F)cc3)s2)c1. The molecule has 3 aromatic rings. The Labute approximate surface area is 120 Å². The van der Waals surface area contributed by atoms with Crippen molar-refractivity contribution in [1.29, 1.82) is 0 Å². The van der Waals surface area contributed by atoms with Gasteiger partial charge in [-0.2, -0.15) is 0 Å². The van der Waals surface area contributed by atoms with E-state index in [1.807, 2.05) is 30.3 Å². The molecule has 1 aromatic heterocycles. The van der Waals surface area contributed by atoms with E-state index in [-0.39, 0.29) is 5.82 Å². The monoisotopic (exact) mass is 282 g/mol. The van der Waals surface area contributed by atoms with Crippen LogP contribution in [0.3, 0.4) is 0 Å². The number of rotatable bonds is 3. The van der Waals surface area contributed by atoms with Gasteiger partial charge in [0, 0.05) is 15.3 Å². The molecule has 0 N–H and O–H groups in total. The zero-order valence-electron chi connectivity index (χ0n) is 10.5. The summed E-state index contributed by atoms with van der Waals surface area (Å²) in [6.07, 6.45) is 0.845. The summed E-state index contributed by atoms with van der Waals surface area (Å²) in [6.45, 7) is 0. The highest BCUT2D eigenvalue weighted by molar-refractivity contribution is 7.18. The average molecular weight is 282 g/mol. The van der Waals surface area contributed by atoms with Gasteiger partial charge >= 0.3 is 0 Å².